The number of fused-ring (bicyclic) bond motifs is 1. The highest BCUT2D eigenvalue weighted by atomic mass is 35.5. The first kappa shape index (κ1) is 17.0. The molecule has 0 bridgehead atoms. The van der Waals surface area contributed by atoms with Gasteiger partial charge in [-0.05, 0) is 49.0 Å². The molecule has 1 aliphatic heterocycles. The number of benzene rings is 1. The Labute approximate surface area is 127 Å². The lowest BCUT2D eigenvalue weighted by Crippen LogP contribution is -2.23. The van der Waals surface area contributed by atoms with Crippen LogP contribution >= 0.6 is 12.4 Å². The van der Waals surface area contributed by atoms with Crippen LogP contribution in [0.5, 0.6) is 0 Å². The lowest BCUT2D eigenvalue weighted by molar-refractivity contribution is -0.115. The van der Waals surface area contributed by atoms with E-state index in [2.05, 4.69) is 30.5 Å². The van der Waals surface area contributed by atoms with Gasteiger partial charge in [0.15, 0.2) is 0 Å². The van der Waals surface area contributed by atoms with E-state index in [1.54, 1.807) is 0 Å². The van der Waals surface area contributed by atoms with Crippen molar-refractivity contribution in [3.63, 3.8) is 0 Å². The van der Waals surface area contributed by atoms with Crippen molar-refractivity contribution in [1.82, 2.24) is 5.32 Å². The van der Waals surface area contributed by atoms with Gasteiger partial charge in [0.1, 0.15) is 0 Å². The minimum atomic E-state index is 0. The van der Waals surface area contributed by atoms with E-state index in [-0.39, 0.29) is 18.3 Å². The summed E-state index contributed by atoms with van der Waals surface area (Å²) in [6, 6.07) is 6.15. The molecule has 0 aliphatic carbocycles. The Bertz CT molecular complexity index is 448. The number of nitrogens with one attached hydrogen (secondary N) is 2. The highest BCUT2D eigenvalue weighted by Crippen LogP contribution is 2.26. The SMILES string of the molecule is CCCC(C)CNCCc1cccc2c1CC(=O)N2.Cl. The van der Waals surface area contributed by atoms with Crippen LogP contribution in [-0.2, 0) is 17.6 Å². The number of anilines is 1. The Morgan fingerprint density at radius 3 is 2.95 bits per heavy atom. The minimum absolute atomic E-state index is 0. The number of amides is 1. The Balaban J connectivity index is 0.00000200. The lowest BCUT2D eigenvalue weighted by Gasteiger charge is -2.12. The second kappa shape index (κ2) is 8.28. The second-order valence-electron chi connectivity index (χ2n) is 5.52. The van der Waals surface area contributed by atoms with Crippen LogP contribution in [0.4, 0.5) is 5.69 Å². The molecule has 0 aromatic heterocycles. The number of hydrogen-bond acceptors (Lipinski definition) is 2. The normalized spacial score (nSPS) is 14.4. The molecule has 2 rings (SSSR count). The minimum Gasteiger partial charge on any atom is -0.326 e. The predicted molar refractivity (Wildman–Crippen MR) is 86.7 cm³/mol. The molecule has 20 heavy (non-hydrogen) atoms. The summed E-state index contributed by atoms with van der Waals surface area (Å²) in [5, 5.41) is 6.42. The first-order valence-corrected chi connectivity index (χ1v) is 7.32. The lowest BCUT2D eigenvalue weighted by atomic mass is 10.0. The van der Waals surface area contributed by atoms with E-state index in [9.17, 15) is 4.79 Å². The topological polar surface area (TPSA) is 41.1 Å². The van der Waals surface area contributed by atoms with Crippen LogP contribution in [-0.4, -0.2) is 19.0 Å². The van der Waals surface area contributed by atoms with E-state index < -0.39 is 0 Å². The third-order valence-corrected chi connectivity index (χ3v) is 3.73. The van der Waals surface area contributed by atoms with Gasteiger partial charge in [0.05, 0.1) is 6.42 Å². The van der Waals surface area contributed by atoms with Crippen molar-refractivity contribution in [2.45, 2.75) is 39.5 Å². The van der Waals surface area contributed by atoms with Crippen molar-refractivity contribution in [3.8, 4) is 0 Å². The van der Waals surface area contributed by atoms with Crippen LogP contribution in [0.2, 0.25) is 0 Å². The van der Waals surface area contributed by atoms with Gasteiger partial charge < -0.3 is 10.6 Å². The quantitative estimate of drug-likeness (QED) is 0.759. The van der Waals surface area contributed by atoms with E-state index in [0.717, 1.165) is 31.1 Å². The summed E-state index contributed by atoms with van der Waals surface area (Å²) < 4.78 is 0. The number of carbonyl (C=O) groups is 1. The zero-order valence-electron chi connectivity index (χ0n) is 12.4. The summed E-state index contributed by atoms with van der Waals surface area (Å²) in [4.78, 5) is 11.4. The van der Waals surface area contributed by atoms with Crippen molar-refractivity contribution in [3.05, 3.63) is 29.3 Å². The number of carbonyl (C=O) groups excluding carboxylic acids is 1. The van der Waals surface area contributed by atoms with Crippen LogP contribution in [0.15, 0.2) is 18.2 Å². The molecule has 1 atom stereocenters. The van der Waals surface area contributed by atoms with Gasteiger partial charge in [-0.2, -0.15) is 0 Å². The molecular weight excluding hydrogens is 272 g/mol. The molecule has 0 saturated carbocycles. The molecule has 1 aromatic rings. The van der Waals surface area contributed by atoms with Crippen molar-refractivity contribution in [2.75, 3.05) is 18.4 Å². The van der Waals surface area contributed by atoms with Gasteiger partial charge in [0.25, 0.3) is 0 Å². The number of halogens is 1. The predicted octanol–water partition coefficient (Wildman–Crippen LogP) is 3.17. The van der Waals surface area contributed by atoms with Crippen molar-refractivity contribution >= 4 is 24.0 Å². The van der Waals surface area contributed by atoms with Crippen molar-refractivity contribution in [2.24, 2.45) is 5.92 Å². The molecule has 1 aromatic carbocycles. The summed E-state index contributed by atoms with van der Waals surface area (Å²) in [6.07, 6.45) is 4.07. The van der Waals surface area contributed by atoms with E-state index in [0.29, 0.717) is 6.42 Å². The largest absolute Gasteiger partial charge is 0.326 e. The Hall–Kier alpha value is -1.06. The summed E-state index contributed by atoms with van der Waals surface area (Å²) in [5.74, 6) is 0.863. The summed E-state index contributed by atoms with van der Waals surface area (Å²) in [7, 11) is 0. The average Bonchev–Trinajstić information content (AvgIpc) is 2.76. The van der Waals surface area contributed by atoms with Gasteiger partial charge in [-0.15, -0.1) is 12.4 Å². The van der Waals surface area contributed by atoms with Gasteiger partial charge in [-0.1, -0.05) is 32.4 Å². The van der Waals surface area contributed by atoms with E-state index in [4.69, 9.17) is 0 Å². The summed E-state index contributed by atoms with van der Waals surface area (Å²) >= 11 is 0. The fourth-order valence-corrected chi connectivity index (χ4v) is 2.72. The molecule has 1 unspecified atom stereocenters. The summed E-state index contributed by atoms with van der Waals surface area (Å²) in [6.45, 7) is 6.59. The molecule has 1 heterocycles. The van der Waals surface area contributed by atoms with Gasteiger partial charge in [0.2, 0.25) is 5.91 Å². The molecule has 112 valence electrons. The Morgan fingerprint density at radius 1 is 1.40 bits per heavy atom. The second-order valence-corrected chi connectivity index (χ2v) is 5.52. The van der Waals surface area contributed by atoms with Crippen LogP contribution < -0.4 is 10.6 Å². The Kier molecular flexibility index (Phi) is 7.03. The number of rotatable bonds is 7. The summed E-state index contributed by atoms with van der Waals surface area (Å²) in [5.41, 5.74) is 3.49. The highest BCUT2D eigenvalue weighted by molar-refractivity contribution is 5.99. The molecular formula is C16H25ClN2O. The number of hydrogen-bond donors (Lipinski definition) is 2. The van der Waals surface area contributed by atoms with Gasteiger partial charge in [-0.3, -0.25) is 4.79 Å². The fourth-order valence-electron chi connectivity index (χ4n) is 2.72. The molecule has 0 fully saturated rings. The maximum absolute atomic E-state index is 11.4. The maximum Gasteiger partial charge on any atom is 0.228 e. The van der Waals surface area contributed by atoms with Crippen LogP contribution in [0.1, 0.15) is 37.8 Å². The van der Waals surface area contributed by atoms with Crippen LogP contribution in [0.3, 0.4) is 0 Å². The van der Waals surface area contributed by atoms with Crippen molar-refractivity contribution < 1.29 is 4.79 Å². The monoisotopic (exact) mass is 296 g/mol. The third-order valence-electron chi connectivity index (χ3n) is 3.73. The van der Waals surface area contributed by atoms with E-state index in [1.807, 2.05) is 12.1 Å². The zero-order chi connectivity index (χ0) is 13.7. The highest BCUT2D eigenvalue weighted by Gasteiger charge is 2.19. The smallest absolute Gasteiger partial charge is 0.228 e. The first-order chi connectivity index (χ1) is 9.20. The Morgan fingerprint density at radius 2 is 2.20 bits per heavy atom. The average molecular weight is 297 g/mol. The molecule has 1 aliphatic rings. The fraction of sp³-hybridized carbons (Fsp3) is 0.562. The molecule has 0 radical (unpaired) electrons. The first-order valence-electron chi connectivity index (χ1n) is 7.32. The van der Waals surface area contributed by atoms with E-state index >= 15 is 0 Å². The van der Waals surface area contributed by atoms with Gasteiger partial charge >= 0.3 is 0 Å². The molecule has 0 spiro atoms. The molecule has 2 N–H and O–H groups in total. The standard InChI is InChI=1S/C16H24N2O.ClH/c1-3-5-12(2)11-17-9-8-13-6-4-7-15-14(13)10-16(19)18-15;/h4,6-7,12,17H,3,5,8-11H2,1-2H3,(H,18,19);1H. The zero-order valence-corrected chi connectivity index (χ0v) is 13.2. The molecule has 4 heteroatoms. The molecule has 0 saturated heterocycles. The maximum atomic E-state index is 11.4. The molecule has 3 nitrogen and oxygen atoms in total. The van der Waals surface area contributed by atoms with E-state index in [1.165, 1.54) is 24.0 Å². The van der Waals surface area contributed by atoms with Crippen LogP contribution in [0, 0.1) is 5.92 Å². The third kappa shape index (κ3) is 4.50. The molecule has 1 amide bonds. The van der Waals surface area contributed by atoms with Crippen LogP contribution in [0.25, 0.3) is 0 Å². The van der Waals surface area contributed by atoms with Gasteiger partial charge in [-0.25, -0.2) is 0 Å². The van der Waals surface area contributed by atoms with Crippen molar-refractivity contribution in [1.29, 1.82) is 0 Å². The van der Waals surface area contributed by atoms with Gasteiger partial charge in [0, 0.05) is 5.69 Å².